The van der Waals surface area contributed by atoms with Crippen molar-refractivity contribution in [3.05, 3.63) is 35.4 Å². The van der Waals surface area contributed by atoms with Gasteiger partial charge >= 0.3 is 0 Å². The second-order valence-corrected chi connectivity index (χ2v) is 4.03. The number of unbranched alkanes of at least 4 members (excludes halogenated alkanes) is 1. The van der Waals surface area contributed by atoms with Crippen molar-refractivity contribution in [1.82, 2.24) is 0 Å². The van der Waals surface area contributed by atoms with Gasteiger partial charge in [0.05, 0.1) is 0 Å². The van der Waals surface area contributed by atoms with E-state index in [4.69, 9.17) is 10.5 Å². The summed E-state index contributed by atoms with van der Waals surface area (Å²) in [5.41, 5.74) is 6.46. The van der Waals surface area contributed by atoms with Crippen molar-refractivity contribution in [1.29, 1.82) is 0 Å². The van der Waals surface area contributed by atoms with E-state index in [1.54, 1.807) is 0 Å². The number of hydrogen-bond acceptors (Lipinski definition) is 2. The van der Waals surface area contributed by atoms with Gasteiger partial charge in [0.2, 0.25) is 0 Å². The maximum Gasteiger partial charge on any atom is 0.159 e. The zero-order valence-corrected chi connectivity index (χ0v) is 10.1. The Labute approximate surface area is 101 Å². The quantitative estimate of drug-likeness (QED) is 0.746. The van der Waals surface area contributed by atoms with Crippen LogP contribution in [0, 0.1) is 11.6 Å². The summed E-state index contributed by atoms with van der Waals surface area (Å²) >= 11 is 0. The Morgan fingerprint density at radius 2 is 2.00 bits per heavy atom. The Morgan fingerprint density at radius 3 is 2.65 bits per heavy atom. The average Bonchev–Trinajstić information content (AvgIpc) is 2.32. The Morgan fingerprint density at radius 1 is 1.24 bits per heavy atom. The van der Waals surface area contributed by atoms with Crippen molar-refractivity contribution in [2.45, 2.75) is 32.2 Å². The lowest BCUT2D eigenvalue weighted by Gasteiger charge is -2.12. The van der Waals surface area contributed by atoms with Gasteiger partial charge in [-0.05, 0) is 30.5 Å². The van der Waals surface area contributed by atoms with Gasteiger partial charge in [-0.25, -0.2) is 8.78 Å². The monoisotopic (exact) mass is 243 g/mol. The fraction of sp³-hybridized carbons (Fsp3) is 0.538. The molecule has 4 heteroatoms. The summed E-state index contributed by atoms with van der Waals surface area (Å²) < 4.78 is 31.1. The van der Waals surface area contributed by atoms with Gasteiger partial charge in [0.25, 0.3) is 0 Å². The van der Waals surface area contributed by atoms with Crippen LogP contribution in [0.2, 0.25) is 0 Å². The molecule has 0 bridgehead atoms. The first-order valence-electron chi connectivity index (χ1n) is 5.93. The zero-order valence-electron chi connectivity index (χ0n) is 10.1. The van der Waals surface area contributed by atoms with Crippen molar-refractivity contribution in [3.8, 4) is 0 Å². The largest absolute Gasteiger partial charge is 0.381 e. The van der Waals surface area contributed by atoms with Crippen molar-refractivity contribution in [3.63, 3.8) is 0 Å². The molecule has 0 fully saturated rings. The van der Waals surface area contributed by atoms with E-state index in [1.165, 1.54) is 6.07 Å². The van der Waals surface area contributed by atoms with Crippen molar-refractivity contribution < 1.29 is 13.5 Å². The summed E-state index contributed by atoms with van der Waals surface area (Å²) in [6.07, 6.45) is 2.73. The second kappa shape index (κ2) is 7.35. The predicted octanol–water partition coefficient (Wildman–Crippen LogP) is 3.17. The lowest BCUT2D eigenvalue weighted by molar-refractivity contribution is 0.124. The highest BCUT2D eigenvalue weighted by atomic mass is 19.2. The Bertz CT molecular complexity index is 344. The standard InChI is InChI=1S/C13H19F2NO/c1-2-3-7-17-8-6-13(16)10-4-5-11(14)12(15)9-10/h4-5,9,13H,2-3,6-8,16H2,1H3. The molecule has 0 heterocycles. The predicted molar refractivity (Wildman–Crippen MR) is 63.6 cm³/mol. The molecular formula is C13H19F2NO. The minimum atomic E-state index is -0.857. The van der Waals surface area contributed by atoms with Gasteiger partial charge in [-0.1, -0.05) is 19.4 Å². The van der Waals surface area contributed by atoms with E-state index in [-0.39, 0.29) is 6.04 Å². The summed E-state index contributed by atoms with van der Waals surface area (Å²) in [6, 6.07) is 3.44. The molecule has 0 aliphatic heterocycles. The van der Waals surface area contributed by atoms with E-state index in [1.807, 2.05) is 0 Å². The molecule has 1 aromatic rings. The molecule has 0 amide bonds. The molecular weight excluding hydrogens is 224 g/mol. The topological polar surface area (TPSA) is 35.2 Å². The molecule has 2 N–H and O–H groups in total. The SMILES string of the molecule is CCCCOCCC(N)c1ccc(F)c(F)c1. The van der Waals surface area contributed by atoms with Gasteiger partial charge < -0.3 is 10.5 Å². The third-order valence-corrected chi connectivity index (χ3v) is 2.59. The Hall–Kier alpha value is -1.00. The number of rotatable bonds is 7. The third-order valence-electron chi connectivity index (χ3n) is 2.59. The molecule has 0 aromatic heterocycles. The highest BCUT2D eigenvalue weighted by molar-refractivity contribution is 5.20. The maximum atomic E-state index is 13.0. The second-order valence-electron chi connectivity index (χ2n) is 4.03. The van der Waals surface area contributed by atoms with E-state index >= 15 is 0 Å². The smallest absolute Gasteiger partial charge is 0.159 e. The Kier molecular flexibility index (Phi) is 6.08. The Balaban J connectivity index is 2.36. The van der Waals surface area contributed by atoms with Crippen LogP contribution in [0.1, 0.15) is 37.8 Å². The average molecular weight is 243 g/mol. The van der Waals surface area contributed by atoms with Gasteiger partial charge in [0, 0.05) is 19.3 Å². The summed E-state index contributed by atoms with van der Waals surface area (Å²) in [5.74, 6) is -1.70. The molecule has 17 heavy (non-hydrogen) atoms. The van der Waals surface area contributed by atoms with Crippen LogP contribution in [0.5, 0.6) is 0 Å². The van der Waals surface area contributed by atoms with Crippen LogP contribution < -0.4 is 5.73 Å². The van der Waals surface area contributed by atoms with Crippen molar-refractivity contribution in [2.75, 3.05) is 13.2 Å². The minimum absolute atomic E-state index is 0.313. The van der Waals surface area contributed by atoms with E-state index in [0.29, 0.717) is 18.6 Å². The molecule has 1 aromatic carbocycles. The highest BCUT2D eigenvalue weighted by Gasteiger charge is 2.09. The van der Waals surface area contributed by atoms with Crippen molar-refractivity contribution in [2.24, 2.45) is 5.73 Å². The summed E-state index contributed by atoms with van der Waals surface area (Å²) in [7, 11) is 0. The number of halogens is 2. The minimum Gasteiger partial charge on any atom is -0.381 e. The summed E-state index contributed by atoms with van der Waals surface area (Å²) in [6.45, 7) is 3.36. The highest BCUT2D eigenvalue weighted by Crippen LogP contribution is 2.17. The lowest BCUT2D eigenvalue weighted by atomic mass is 10.1. The van der Waals surface area contributed by atoms with E-state index in [9.17, 15) is 8.78 Å². The number of nitrogens with two attached hydrogens (primary N) is 1. The normalized spacial score (nSPS) is 12.7. The van der Waals surface area contributed by atoms with E-state index in [0.717, 1.165) is 31.6 Å². The van der Waals surface area contributed by atoms with Crippen LogP contribution in [0.4, 0.5) is 8.78 Å². The molecule has 1 unspecified atom stereocenters. The number of hydrogen-bond donors (Lipinski definition) is 1. The first kappa shape index (κ1) is 14.1. The molecule has 0 radical (unpaired) electrons. The molecule has 96 valence electrons. The first-order valence-corrected chi connectivity index (χ1v) is 5.93. The van der Waals surface area contributed by atoms with Crippen LogP contribution in [0.25, 0.3) is 0 Å². The zero-order chi connectivity index (χ0) is 12.7. The van der Waals surface area contributed by atoms with Crippen LogP contribution in [-0.2, 0) is 4.74 Å². The molecule has 0 aliphatic carbocycles. The van der Waals surface area contributed by atoms with Gasteiger partial charge in [-0.3, -0.25) is 0 Å². The lowest BCUT2D eigenvalue weighted by Crippen LogP contribution is -2.14. The number of benzene rings is 1. The molecule has 0 saturated carbocycles. The van der Waals surface area contributed by atoms with Gasteiger partial charge in [0.15, 0.2) is 11.6 Å². The van der Waals surface area contributed by atoms with Gasteiger partial charge in [0.1, 0.15) is 0 Å². The van der Waals surface area contributed by atoms with Gasteiger partial charge in [-0.15, -0.1) is 0 Å². The van der Waals surface area contributed by atoms with E-state index in [2.05, 4.69) is 6.92 Å². The molecule has 1 atom stereocenters. The van der Waals surface area contributed by atoms with Crippen LogP contribution >= 0.6 is 0 Å². The fourth-order valence-corrected chi connectivity index (χ4v) is 1.47. The molecule has 1 rings (SSSR count). The number of ether oxygens (including phenoxy) is 1. The molecule has 0 saturated heterocycles. The van der Waals surface area contributed by atoms with Crippen LogP contribution in [0.15, 0.2) is 18.2 Å². The fourth-order valence-electron chi connectivity index (χ4n) is 1.47. The molecule has 0 spiro atoms. The van der Waals surface area contributed by atoms with E-state index < -0.39 is 11.6 Å². The molecule has 0 aliphatic rings. The van der Waals surface area contributed by atoms with Crippen LogP contribution in [-0.4, -0.2) is 13.2 Å². The van der Waals surface area contributed by atoms with Gasteiger partial charge in [-0.2, -0.15) is 0 Å². The molecule has 2 nitrogen and oxygen atoms in total. The maximum absolute atomic E-state index is 13.0. The van der Waals surface area contributed by atoms with Crippen LogP contribution in [0.3, 0.4) is 0 Å². The summed E-state index contributed by atoms with van der Waals surface area (Å²) in [4.78, 5) is 0. The third kappa shape index (κ3) is 4.79. The van der Waals surface area contributed by atoms with Crippen molar-refractivity contribution >= 4 is 0 Å². The summed E-state index contributed by atoms with van der Waals surface area (Å²) in [5, 5.41) is 0. The first-order chi connectivity index (χ1) is 8.15.